The molecule has 0 heterocycles. The van der Waals surface area contributed by atoms with E-state index in [0.29, 0.717) is 11.3 Å². The fourth-order valence-corrected chi connectivity index (χ4v) is 1.03. The molecule has 1 aromatic rings. The molecule has 0 saturated heterocycles. The molecule has 1 rings (SSSR count). The molecule has 0 aliphatic rings. The Morgan fingerprint density at radius 3 is 2.69 bits per heavy atom. The highest BCUT2D eigenvalue weighted by molar-refractivity contribution is 6.61. The number of carbonyl (C=O) groups is 2. The van der Waals surface area contributed by atoms with Gasteiger partial charge in [-0.05, 0) is 18.2 Å². The van der Waals surface area contributed by atoms with E-state index in [1.54, 1.807) is 24.3 Å². The van der Waals surface area contributed by atoms with Crippen molar-refractivity contribution in [2.24, 2.45) is 0 Å². The first-order valence-electron chi connectivity index (χ1n) is 4.59. The minimum Gasteiger partial charge on any atom is -0.410 e. The second kappa shape index (κ2) is 5.75. The average molecular weight is 215 g/mol. The number of rotatable bonds is 3. The predicted molar refractivity (Wildman–Crippen MR) is 61.3 cm³/mol. The normalized spacial score (nSPS) is 10.1. The number of allylic oxidation sites excluding steroid dienone is 1. The SMILES string of the molecule is [B]C(=O)/C=C\c1ccccc1OC(=O)NC. The average Bonchev–Trinajstić information content (AvgIpc) is 2.27. The lowest BCUT2D eigenvalue weighted by Gasteiger charge is -2.06. The third-order valence-corrected chi connectivity index (χ3v) is 1.75. The van der Waals surface area contributed by atoms with Crippen LogP contribution in [0.3, 0.4) is 0 Å². The van der Waals surface area contributed by atoms with Gasteiger partial charge in [0.25, 0.3) is 0 Å². The van der Waals surface area contributed by atoms with Crippen LogP contribution < -0.4 is 10.1 Å². The van der Waals surface area contributed by atoms with E-state index in [4.69, 9.17) is 12.6 Å². The summed E-state index contributed by atoms with van der Waals surface area (Å²) in [5, 5.41) is 2.33. The van der Waals surface area contributed by atoms with Crippen molar-refractivity contribution in [2.45, 2.75) is 0 Å². The highest BCUT2D eigenvalue weighted by Gasteiger charge is 2.04. The molecule has 0 saturated carbocycles. The fraction of sp³-hybridized carbons (Fsp3) is 0.0909. The van der Waals surface area contributed by atoms with E-state index in [0.717, 1.165) is 0 Å². The second-order valence-corrected chi connectivity index (χ2v) is 2.91. The molecule has 0 aromatic heterocycles. The molecule has 80 valence electrons. The van der Waals surface area contributed by atoms with Crippen LogP contribution in [-0.2, 0) is 4.79 Å². The van der Waals surface area contributed by atoms with Gasteiger partial charge in [-0.1, -0.05) is 18.2 Å². The van der Waals surface area contributed by atoms with Gasteiger partial charge in [0.05, 0.1) is 5.68 Å². The second-order valence-electron chi connectivity index (χ2n) is 2.91. The number of carbonyl (C=O) groups excluding carboxylic acids is 2. The molecule has 0 fully saturated rings. The summed E-state index contributed by atoms with van der Waals surface area (Å²) in [6, 6.07) is 6.81. The lowest BCUT2D eigenvalue weighted by atomic mass is 10.0. The zero-order valence-electron chi connectivity index (χ0n) is 8.77. The lowest BCUT2D eigenvalue weighted by Crippen LogP contribution is -2.22. The maximum Gasteiger partial charge on any atom is 0.412 e. The summed E-state index contributed by atoms with van der Waals surface area (Å²) >= 11 is 0. The van der Waals surface area contributed by atoms with Crippen molar-refractivity contribution in [3.8, 4) is 5.75 Å². The molecule has 1 amide bonds. The molecule has 16 heavy (non-hydrogen) atoms. The van der Waals surface area contributed by atoms with Crippen molar-refractivity contribution in [1.82, 2.24) is 5.32 Å². The highest BCUT2D eigenvalue weighted by Crippen LogP contribution is 2.19. The molecule has 2 radical (unpaired) electrons. The predicted octanol–water partition coefficient (Wildman–Crippen LogP) is 1.11. The van der Waals surface area contributed by atoms with Crippen molar-refractivity contribution < 1.29 is 14.3 Å². The smallest absolute Gasteiger partial charge is 0.410 e. The Bertz CT molecular complexity index is 429. The van der Waals surface area contributed by atoms with Gasteiger partial charge in [-0.2, -0.15) is 0 Å². The number of para-hydroxylation sites is 1. The summed E-state index contributed by atoms with van der Waals surface area (Å²) in [5.74, 6) is 0.361. The topological polar surface area (TPSA) is 55.4 Å². The number of ether oxygens (including phenoxy) is 1. The summed E-state index contributed by atoms with van der Waals surface area (Å²) in [7, 11) is 6.43. The van der Waals surface area contributed by atoms with Crippen LogP contribution in [0.25, 0.3) is 6.08 Å². The van der Waals surface area contributed by atoms with Crippen molar-refractivity contribution in [3.63, 3.8) is 0 Å². The maximum absolute atomic E-state index is 11.0. The van der Waals surface area contributed by atoms with Crippen LogP contribution in [0, 0.1) is 0 Å². The molecule has 0 spiro atoms. The number of hydrogen-bond donors (Lipinski definition) is 1. The van der Waals surface area contributed by atoms with Crippen LogP contribution >= 0.6 is 0 Å². The quantitative estimate of drug-likeness (QED) is 0.606. The summed E-state index contributed by atoms with van der Waals surface area (Å²) in [6.45, 7) is 0. The first-order chi connectivity index (χ1) is 7.63. The maximum atomic E-state index is 11.0. The van der Waals surface area contributed by atoms with Gasteiger partial charge in [0.15, 0.2) is 7.85 Å². The first-order valence-corrected chi connectivity index (χ1v) is 4.59. The van der Waals surface area contributed by atoms with E-state index in [9.17, 15) is 9.59 Å². The Kier molecular flexibility index (Phi) is 4.33. The van der Waals surface area contributed by atoms with Gasteiger partial charge >= 0.3 is 6.09 Å². The van der Waals surface area contributed by atoms with Gasteiger partial charge in [0.2, 0.25) is 0 Å². The first kappa shape index (κ1) is 12.0. The molecule has 0 unspecified atom stereocenters. The Hall–Kier alpha value is -2.04. The lowest BCUT2D eigenvalue weighted by molar-refractivity contribution is -0.107. The molecule has 1 aromatic carbocycles. The van der Waals surface area contributed by atoms with Gasteiger partial charge in [0.1, 0.15) is 5.75 Å². The molecule has 5 heteroatoms. The Balaban J connectivity index is 2.91. The van der Waals surface area contributed by atoms with Crippen molar-refractivity contribution in [2.75, 3.05) is 7.05 Å². The van der Waals surface area contributed by atoms with Crippen LogP contribution in [0.15, 0.2) is 30.3 Å². The van der Waals surface area contributed by atoms with E-state index in [-0.39, 0.29) is 0 Å². The number of hydrogen-bond acceptors (Lipinski definition) is 3. The van der Waals surface area contributed by atoms with Crippen LogP contribution in [0.4, 0.5) is 4.79 Å². The Morgan fingerprint density at radius 2 is 2.06 bits per heavy atom. The van der Waals surface area contributed by atoms with Gasteiger partial charge in [-0.15, -0.1) is 0 Å². The molecule has 0 aliphatic heterocycles. The van der Waals surface area contributed by atoms with Crippen LogP contribution in [0.2, 0.25) is 0 Å². The van der Waals surface area contributed by atoms with Crippen molar-refractivity contribution >= 4 is 25.7 Å². The molecular formula is C11H10BNO3. The van der Waals surface area contributed by atoms with Gasteiger partial charge < -0.3 is 14.8 Å². The standard InChI is InChI=1S/C11H10BNO3/c1-13-11(15)16-9-5-3-2-4-8(9)6-7-10(12)14/h2-7H,1H3,(H,13,15)/b7-6-. The third-order valence-electron chi connectivity index (χ3n) is 1.75. The van der Waals surface area contributed by atoms with Gasteiger partial charge in [0, 0.05) is 12.6 Å². The van der Waals surface area contributed by atoms with Crippen molar-refractivity contribution in [3.05, 3.63) is 35.9 Å². The summed E-state index contributed by atoms with van der Waals surface area (Å²) in [4.78, 5) is 21.6. The minimum atomic E-state index is -0.570. The summed E-state index contributed by atoms with van der Waals surface area (Å²) < 4.78 is 4.97. The Labute approximate surface area is 94.7 Å². The van der Waals surface area contributed by atoms with Crippen LogP contribution in [0.1, 0.15) is 5.56 Å². The third kappa shape index (κ3) is 3.61. The van der Waals surface area contributed by atoms with Gasteiger partial charge in [-0.3, -0.25) is 0 Å². The molecule has 0 atom stereocenters. The fourth-order valence-electron chi connectivity index (χ4n) is 1.03. The molecule has 1 N–H and O–H groups in total. The summed E-state index contributed by atoms with van der Waals surface area (Å²) in [6.07, 6.45) is 2.12. The van der Waals surface area contributed by atoms with E-state index < -0.39 is 11.8 Å². The van der Waals surface area contributed by atoms with E-state index in [1.807, 2.05) is 0 Å². The van der Waals surface area contributed by atoms with E-state index >= 15 is 0 Å². The van der Waals surface area contributed by atoms with Crippen LogP contribution in [0.5, 0.6) is 5.75 Å². The van der Waals surface area contributed by atoms with E-state index in [2.05, 4.69) is 5.32 Å². The molecular weight excluding hydrogens is 205 g/mol. The van der Waals surface area contributed by atoms with E-state index in [1.165, 1.54) is 19.2 Å². The monoisotopic (exact) mass is 215 g/mol. The van der Waals surface area contributed by atoms with Gasteiger partial charge in [-0.25, -0.2) is 4.79 Å². The molecule has 0 bridgehead atoms. The molecule has 0 aliphatic carbocycles. The zero-order valence-corrected chi connectivity index (χ0v) is 8.77. The van der Waals surface area contributed by atoms with Crippen LogP contribution in [-0.4, -0.2) is 26.7 Å². The van der Waals surface area contributed by atoms with Crippen molar-refractivity contribution in [1.29, 1.82) is 0 Å². The number of amides is 1. The summed E-state index contributed by atoms with van der Waals surface area (Å²) in [5.41, 5.74) is 0.0413. The minimum absolute atomic E-state index is 0.361. The largest absolute Gasteiger partial charge is 0.412 e. The number of benzene rings is 1. The highest BCUT2D eigenvalue weighted by atomic mass is 16.6. The molecule has 4 nitrogen and oxygen atoms in total. The Morgan fingerprint density at radius 1 is 1.38 bits per heavy atom. The number of nitrogens with one attached hydrogen (secondary N) is 1. The zero-order chi connectivity index (χ0) is 12.0.